The Bertz CT molecular complexity index is 970. The first-order valence-electron chi connectivity index (χ1n) is 9.70. The molecule has 7 heteroatoms. The second-order valence-corrected chi connectivity index (χ2v) is 7.20. The van der Waals surface area contributed by atoms with Crippen molar-refractivity contribution < 1.29 is 0 Å². The summed E-state index contributed by atoms with van der Waals surface area (Å²) < 4.78 is 2.00. The normalized spacial score (nSPS) is 15.3. The summed E-state index contributed by atoms with van der Waals surface area (Å²) in [6, 6.07) is 7.97. The first kappa shape index (κ1) is 17.7. The number of likely N-dealkylation sites (tertiary alicyclic amines) is 1. The summed E-state index contributed by atoms with van der Waals surface area (Å²) in [7, 11) is 1.96. The first-order valence-corrected chi connectivity index (χ1v) is 9.70. The highest BCUT2D eigenvalue weighted by Gasteiger charge is 2.14. The SMILES string of the molecule is Cn1cc(-c2nnc(NCCCN3CCCCC3)[nH]c2=O)c2ccccc21. The van der Waals surface area contributed by atoms with Crippen LogP contribution in [-0.2, 0) is 7.05 Å². The summed E-state index contributed by atoms with van der Waals surface area (Å²) in [5, 5.41) is 12.6. The highest BCUT2D eigenvalue weighted by molar-refractivity contribution is 5.94. The Labute approximate surface area is 158 Å². The summed E-state index contributed by atoms with van der Waals surface area (Å²) in [5.41, 5.74) is 2.00. The van der Waals surface area contributed by atoms with Gasteiger partial charge in [-0.15, -0.1) is 10.2 Å². The van der Waals surface area contributed by atoms with Crippen LogP contribution in [0.2, 0.25) is 0 Å². The number of para-hydroxylation sites is 1. The van der Waals surface area contributed by atoms with Crippen LogP contribution in [0.1, 0.15) is 25.7 Å². The van der Waals surface area contributed by atoms with Crippen molar-refractivity contribution in [2.45, 2.75) is 25.7 Å². The van der Waals surface area contributed by atoms with Gasteiger partial charge < -0.3 is 14.8 Å². The number of anilines is 1. The first-order chi connectivity index (χ1) is 13.2. The van der Waals surface area contributed by atoms with Crippen LogP contribution in [-0.4, -0.2) is 50.8 Å². The van der Waals surface area contributed by atoms with E-state index >= 15 is 0 Å². The summed E-state index contributed by atoms with van der Waals surface area (Å²) in [6.07, 6.45) is 6.92. The van der Waals surface area contributed by atoms with Gasteiger partial charge in [-0.1, -0.05) is 24.6 Å². The maximum atomic E-state index is 12.6. The average molecular weight is 366 g/mol. The van der Waals surface area contributed by atoms with Gasteiger partial charge in [0, 0.05) is 36.3 Å². The Hall–Kier alpha value is -2.67. The number of hydrogen-bond donors (Lipinski definition) is 2. The molecule has 0 saturated carbocycles. The predicted octanol–water partition coefficient (Wildman–Crippen LogP) is 2.61. The summed E-state index contributed by atoms with van der Waals surface area (Å²) in [6.45, 7) is 4.26. The molecule has 4 rings (SSSR count). The molecule has 0 atom stereocenters. The number of rotatable bonds is 6. The Morgan fingerprint density at radius 3 is 2.78 bits per heavy atom. The molecule has 1 fully saturated rings. The van der Waals surface area contributed by atoms with Gasteiger partial charge in [-0.3, -0.25) is 9.78 Å². The van der Waals surface area contributed by atoms with E-state index in [0.717, 1.165) is 36.0 Å². The van der Waals surface area contributed by atoms with Gasteiger partial charge in [-0.2, -0.15) is 0 Å². The maximum absolute atomic E-state index is 12.6. The zero-order valence-electron chi connectivity index (χ0n) is 15.7. The van der Waals surface area contributed by atoms with Crippen LogP contribution in [0.4, 0.5) is 5.95 Å². The minimum absolute atomic E-state index is 0.222. The second kappa shape index (κ2) is 7.92. The summed E-state index contributed by atoms with van der Waals surface area (Å²) in [4.78, 5) is 17.9. The third-order valence-electron chi connectivity index (χ3n) is 5.24. The molecule has 3 aromatic rings. The van der Waals surface area contributed by atoms with Gasteiger partial charge in [0.25, 0.3) is 5.56 Å². The lowest BCUT2D eigenvalue weighted by molar-refractivity contribution is 0.228. The van der Waals surface area contributed by atoms with Crippen molar-refractivity contribution in [2.75, 3.05) is 31.5 Å². The fourth-order valence-corrected chi connectivity index (χ4v) is 3.82. The van der Waals surface area contributed by atoms with E-state index in [1.165, 1.54) is 32.4 Å². The fraction of sp³-hybridized carbons (Fsp3) is 0.450. The van der Waals surface area contributed by atoms with Crippen molar-refractivity contribution >= 4 is 16.9 Å². The third kappa shape index (κ3) is 3.88. The zero-order valence-corrected chi connectivity index (χ0v) is 15.7. The van der Waals surface area contributed by atoms with Crippen LogP contribution in [0.25, 0.3) is 22.2 Å². The highest BCUT2D eigenvalue weighted by atomic mass is 16.1. The van der Waals surface area contributed by atoms with Gasteiger partial charge >= 0.3 is 0 Å². The molecule has 0 radical (unpaired) electrons. The number of H-pyrrole nitrogens is 1. The average Bonchev–Trinajstić information content (AvgIpc) is 3.03. The molecule has 3 heterocycles. The Morgan fingerprint density at radius 2 is 1.96 bits per heavy atom. The number of aryl methyl sites for hydroxylation is 1. The highest BCUT2D eigenvalue weighted by Crippen LogP contribution is 2.26. The number of fused-ring (bicyclic) bond motifs is 1. The Balaban J connectivity index is 1.42. The Kier molecular flexibility index (Phi) is 5.20. The van der Waals surface area contributed by atoms with Gasteiger partial charge in [0.15, 0.2) is 5.69 Å². The van der Waals surface area contributed by atoms with Crippen molar-refractivity contribution in [1.82, 2.24) is 24.6 Å². The van der Waals surface area contributed by atoms with Gasteiger partial charge in [-0.05, 0) is 45.0 Å². The largest absolute Gasteiger partial charge is 0.354 e. The molecular formula is C20H26N6O. The molecule has 0 spiro atoms. The molecular weight excluding hydrogens is 340 g/mol. The van der Waals surface area contributed by atoms with Gasteiger partial charge in [-0.25, -0.2) is 0 Å². The number of aromatic nitrogens is 4. The predicted molar refractivity (Wildman–Crippen MR) is 108 cm³/mol. The van der Waals surface area contributed by atoms with Crippen LogP contribution in [0.5, 0.6) is 0 Å². The van der Waals surface area contributed by atoms with E-state index in [1.807, 2.05) is 42.1 Å². The molecule has 0 amide bonds. The monoisotopic (exact) mass is 366 g/mol. The van der Waals surface area contributed by atoms with E-state index in [-0.39, 0.29) is 5.56 Å². The van der Waals surface area contributed by atoms with Crippen molar-refractivity contribution in [1.29, 1.82) is 0 Å². The standard InChI is InChI=1S/C20H26N6O/c1-25-14-16(15-8-3-4-9-17(15)25)18-19(27)22-20(24-23-18)21-10-7-13-26-11-5-2-6-12-26/h3-4,8-9,14H,2,5-7,10-13H2,1H3,(H2,21,22,24,27). The van der Waals surface area contributed by atoms with Crippen LogP contribution in [0.3, 0.4) is 0 Å². The molecule has 7 nitrogen and oxygen atoms in total. The van der Waals surface area contributed by atoms with Gasteiger partial charge in [0.1, 0.15) is 0 Å². The van der Waals surface area contributed by atoms with E-state index in [9.17, 15) is 4.79 Å². The zero-order chi connectivity index (χ0) is 18.6. The van der Waals surface area contributed by atoms with Crippen molar-refractivity contribution in [3.63, 3.8) is 0 Å². The summed E-state index contributed by atoms with van der Waals surface area (Å²) >= 11 is 0. The van der Waals surface area contributed by atoms with E-state index in [4.69, 9.17) is 0 Å². The van der Waals surface area contributed by atoms with Gasteiger partial charge in [0.2, 0.25) is 5.95 Å². The Morgan fingerprint density at radius 1 is 1.15 bits per heavy atom. The van der Waals surface area contributed by atoms with Crippen molar-refractivity contribution in [2.24, 2.45) is 7.05 Å². The smallest absolute Gasteiger partial charge is 0.279 e. The lowest BCUT2D eigenvalue weighted by atomic mass is 10.1. The molecule has 142 valence electrons. The second-order valence-electron chi connectivity index (χ2n) is 7.20. The lowest BCUT2D eigenvalue weighted by Gasteiger charge is -2.26. The number of piperidine rings is 1. The molecule has 1 aromatic carbocycles. The maximum Gasteiger partial charge on any atom is 0.279 e. The molecule has 0 aliphatic carbocycles. The minimum Gasteiger partial charge on any atom is -0.354 e. The number of benzene rings is 1. The number of nitrogens with zero attached hydrogens (tertiary/aromatic N) is 4. The van der Waals surface area contributed by atoms with Crippen molar-refractivity contribution in [3.05, 3.63) is 40.8 Å². The number of hydrogen-bond acceptors (Lipinski definition) is 5. The molecule has 2 aromatic heterocycles. The van der Waals surface area contributed by atoms with E-state index in [2.05, 4.69) is 25.4 Å². The van der Waals surface area contributed by atoms with Gasteiger partial charge in [0.05, 0.1) is 0 Å². The number of aromatic amines is 1. The molecule has 0 bridgehead atoms. The van der Waals surface area contributed by atoms with Crippen LogP contribution < -0.4 is 10.9 Å². The molecule has 0 unspecified atom stereocenters. The van der Waals surface area contributed by atoms with Crippen LogP contribution in [0, 0.1) is 0 Å². The lowest BCUT2D eigenvalue weighted by Crippen LogP contribution is -2.31. The molecule has 2 N–H and O–H groups in total. The van der Waals surface area contributed by atoms with E-state index in [0.29, 0.717) is 11.6 Å². The van der Waals surface area contributed by atoms with E-state index in [1.54, 1.807) is 0 Å². The van der Waals surface area contributed by atoms with Crippen LogP contribution >= 0.6 is 0 Å². The topological polar surface area (TPSA) is 78.8 Å². The molecule has 1 saturated heterocycles. The summed E-state index contributed by atoms with van der Waals surface area (Å²) in [5.74, 6) is 0.433. The van der Waals surface area contributed by atoms with Crippen molar-refractivity contribution in [3.8, 4) is 11.3 Å². The molecule has 27 heavy (non-hydrogen) atoms. The number of nitrogens with one attached hydrogen (secondary N) is 2. The quantitative estimate of drug-likeness (QED) is 0.656. The fourth-order valence-electron chi connectivity index (χ4n) is 3.82. The third-order valence-corrected chi connectivity index (χ3v) is 5.24. The molecule has 1 aliphatic heterocycles. The minimum atomic E-state index is -0.222. The van der Waals surface area contributed by atoms with Crippen LogP contribution in [0.15, 0.2) is 35.3 Å². The van der Waals surface area contributed by atoms with E-state index < -0.39 is 0 Å². The molecule has 1 aliphatic rings.